The molecule has 5 nitrogen and oxygen atoms in total. The molecular formula is C24H24N2O3. The first-order valence-electron chi connectivity index (χ1n) is 9.82. The number of benzene rings is 2. The zero-order chi connectivity index (χ0) is 20.0. The molecular weight excluding hydrogens is 364 g/mol. The summed E-state index contributed by atoms with van der Waals surface area (Å²) in [5.74, 6) is 2.00. The lowest BCUT2D eigenvalue weighted by atomic mass is 9.94. The summed E-state index contributed by atoms with van der Waals surface area (Å²) in [4.78, 5) is 17.7. The number of carbonyl (C=O) groups is 1. The van der Waals surface area contributed by atoms with Crippen LogP contribution >= 0.6 is 0 Å². The van der Waals surface area contributed by atoms with Gasteiger partial charge in [-0.3, -0.25) is 4.79 Å². The van der Waals surface area contributed by atoms with Crippen LogP contribution in [0.4, 0.5) is 5.82 Å². The molecule has 1 aliphatic carbocycles. The Morgan fingerprint density at radius 3 is 2.55 bits per heavy atom. The fraction of sp³-hybridized carbons (Fsp3) is 0.250. The minimum Gasteiger partial charge on any atom is -0.454 e. The van der Waals surface area contributed by atoms with E-state index in [0.29, 0.717) is 11.6 Å². The monoisotopic (exact) mass is 388 g/mol. The van der Waals surface area contributed by atoms with E-state index in [1.165, 1.54) is 5.56 Å². The van der Waals surface area contributed by atoms with E-state index >= 15 is 0 Å². The number of hydrogen-bond donors (Lipinski definition) is 1. The van der Waals surface area contributed by atoms with Crippen LogP contribution in [-0.4, -0.2) is 17.7 Å². The lowest BCUT2D eigenvalue weighted by molar-refractivity contribution is -0.118. The Kier molecular flexibility index (Phi) is 4.05. The number of anilines is 1. The molecule has 2 heterocycles. The van der Waals surface area contributed by atoms with Gasteiger partial charge in [-0.25, -0.2) is 4.98 Å². The van der Waals surface area contributed by atoms with E-state index < -0.39 is 5.41 Å². The van der Waals surface area contributed by atoms with Gasteiger partial charge in [0.2, 0.25) is 12.7 Å². The van der Waals surface area contributed by atoms with Gasteiger partial charge in [0, 0.05) is 12.7 Å². The Bertz CT molecular complexity index is 1130. The summed E-state index contributed by atoms with van der Waals surface area (Å²) in [6, 6.07) is 17.9. The van der Waals surface area contributed by atoms with Crippen LogP contribution < -0.4 is 14.8 Å². The summed E-state index contributed by atoms with van der Waals surface area (Å²) in [7, 11) is 0. The first-order chi connectivity index (χ1) is 14.1. The van der Waals surface area contributed by atoms with Gasteiger partial charge in [-0.05, 0) is 67.6 Å². The van der Waals surface area contributed by atoms with E-state index in [1.807, 2.05) is 49.4 Å². The third-order valence-corrected chi connectivity index (χ3v) is 5.87. The smallest absolute Gasteiger partial charge is 0.236 e. The molecule has 1 amide bonds. The maximum atomic E-state index is 13.1. The fourth-order valence-electron chi connectivity index (χ4n) is 3.99. The summed E-state index contributed by atoms with van der Waals surface area (Å²) < 4.78 is 10.9. The highest BCUT2D eigenvalue weighted by atomic mass is 16.7. The van der Waals surface area contributed by atoms with Crippen molar-refractivity contribution in [3.63, 3.8) is 0 Å². The van der Waals surface area contributed by atoms with Crippen LogP contribution in [0.15, 0.2) is 54.6 Å². The Balaban J connectivity index is 0.00000218. The minimum atomic E-state index is -0.509. The number of nitrogens with one attached hydrogen (secondary N) is 1. The Morgan fingerprint density at radius 2 is 1.79 bits per heavy atom. The van der Waals surface area contributed by atoms with Crippen LogP contribution in [0.25, 0.3) is 11.1 Å². The van der Waals surface area contributed by atoms with Gasteiger partial charge >= 0.3 is 0 Å². The number of carbonyl (C=O) groups excluding carboxylic acids is 1. The number of nitrogens with zero attached hydrogens (tertiary/aromatic N) is 1. The summed E-state index contributed by atoms with van der Waals surface area (Å²) in [5, 5.41) is 3.02. The average molecular weight is 388 g/mol. The van der Waals surface area contributed by atoms with E-state index in [0.717, 1.165) is 41.0 Å². The molecule has 2 aliphatic rings. The number of aryl methyl sites for hydroxylation is 2. The zero-order valence-electron chi connectivity index (χ0n) is 16.5. The number of pyridine rings is 1. The summed E-state index contributed by atoms with van der Waals surface area (Å²) >= 11 is 0. The molecule has 5 rings (SSSR count). The predicted octanol–water partition coefficient (Wildman–Crippen LogP) is 5.01. The van der Waals surface area contributed by atoms with Gasteiger partial charge in [0.15, 0.2) is 11.5 Å². The van der Waals surface area contributed by atoms with Gasteiger partial charge in [-0.1, -0.05) is 30.3 Å². The quantitative estimate of drug-likeness (QED) is 0.682. The second-order valence-corrected chi connectivity index (χ2v) is 7.75. The number of aromatic nitrogens is 1. The van der Waals surface area contributed by atoms with Crippen LogP contribution in [0.2, 0.25) is 0 Å². The lowest BCUT2D eigenvalue weighted by Crippen LogP contribution is -2.28. The van der Waals surface area contributed by atoms with Crippen LogP contribution in [0.3, 0.4) is 0 Å². The van der Waals surface area contributed by atoms with Gasteiger partial charge < -0.3 is 14.8 Å². The van der Waals surface area contributed by atoms with Crippen LogP contribution in [0.1, 0.15) is 31.1 Å². The van der Waals surface area contributed by atoms with Crippen molar-refractivity contribution in [1.29, 1.82) is 0 Å². The Hall–Kier alpha value is -3.34. The van der Waals surface area contributed by atoms with Crippen molar-refractivity contribution in [2.45, 2.75) is 32.1 Å². The van der Waals surface area contributed by atoms with Crippen molar-refractivity contribution in [1.82, 2.24) is 4.98 Å². The van der Waals surface area contributed by atoms with E-state index in [9.17, 15) is 4.79 Å². The van der Waals surface area contributed by atoms with Crippen molar-refractivity contribution in [3.8, 4) is 22.6 Å². The molecule has 148 valence electrons. The molecule has 1 aromatic heterocycles. The highest BCUT2D eigenvalue weighted by Crippen LogP contribution is 2.51. The number of amides is 1. The fourth-order valence-corrected chi connectivity index (χ4v) is 3.99. The topological polar surface area (TPSA) is 60.5 Å². The molecule has 0 saturated heterocycles. The summed E-state index contributed by atoms with van der Waals surface area (Å²) in [5.41, 5.74) is 4.80. The average Bonchev–Trinajstić information content (AvgIpc) is 3.40. The molecule has 2 aromatic carbocycles. The lowest BCUT2D eigenvalue weighted by Gasteiger charge is -2.17. The highest BCUT2D eigenvalue weighted by Gasteiger charge is 2.51. The molecule has 1 aliphatic heterocycles. The second-order valence-electron chi connectivity index (χ2n) is 7.75. The number of rotatable bonds is 4. The third kappa shape index (κ3) is 3.03. The van der Waals surface area contributed by atoms with Crippen molar-refractivity contribution in [2.75, 3.05) is 12.1 Å². The second kappa shape index (κ2) is 6.62. The molecule has 3 aromatic rings. The van der Waals surface area contributed by atoms with Gasteiger partial charge in [-0.15, -0.1) is 0 Å². The number of ether oxygens (including phenoxy) is 2. The molecule has 29 heavy (non-hydrogen) atoms. The number of hydrogen-bond acceptors (Lipinski definition) is 4. The minimum absolute atomic E-state index is 0. The normalized spacial score (nSPS) is 15.8. The van der Waals surface area contributed by atoms with E-state index in [-0.39, 0.29) is 14.1 Å². The SMILES string of the molecule is Cc1ccccc1-c1ccc(NC(=O)C2(c3ccc4c(c3)OCO4)CC2)nc1C.[HH]. The van der Waals surface area contributed by atoms with E-state index in [1.54, 1.807) is 0 Å². The van der Waals surface area contributed by atoms with Crippen LogP contribution in [-0.2, 0) is 10.2 Å². The van der Waals surface area contributed by atoms with Crippen molar-refractivity contribution in [3.05, 3.63) is 71.4 Å². The van der Waals surface area contributed by atoms with E-state index in [2.05, 4.69) is 29.4 Å². The van der Waals surface area contributed by atoms with Gasteiger partial charge in [0.05, 0.1) is 5.41 Å². The molecule has 0 atom stereocenters. The first kappa shape index (κ1) is 17.7. The highest BCUT2D eigenvalue weighted by molar-refractivity contribution is 6.01. The maximum absolute atomic E-state index is 13.1. The Morgan fingerprint density at radius 1 is 1.00 bits per heavy atom. The molecule has 5 heteroatoms. The molecule has 0 radical (unpaired) electrons. The van der Waals surface area contributed by atoms with Gasteiger partial charge in [-0.2, -0.15) is 0 Å². The molecule has 0 bridgehead atoms. The van der Waals surface area contributed by atoms with Crippen LogP contribution in [0, 0.1) is 13.8 Å². The maximum Gasteiger partial charge on any atom is 0.236 e. The summed E-state index contributed by atoms with van der Waals surface area (Å²) in [6.07, 6.45) is 1.64. The third-order valence-electron chi connectivity index (χ3n) is 5.87. The van der Waals surface area contributed by atoms with Crippen LogP contribution in [0.5, 0.6) is 11.5 Å². The standard InChI is InChI=1S/C24H22N2O3.H2/c1-15-5-3-4-6-18(15)19-8-10-22(25-16(19)2)26-23(27)24(11-12-24)17-7-9-20-21(13-17)29-14-28-20;/h3-10,13H,11-12,14H2,1-2H3,(H,25,26,27);1H. The molecule has 1 N–H and O–H groups in total. The van der Waals surface area contributed by atoms with Crippen molar-refractivity contribution >= 4 is 11.7 Å². The molecule has 0 unspecified atom stereocenters. The molecule has 0 spiro atoms. The molecule has 1 fully saturated rings. The van der Waals surface area contributed by atoms with Crippen molar-refractivity contribution < 1.29 is 15.7 Å². The predicted molar refractivity (Wildman–Crippen MR) is 113 cm³/mol. The largest absolute Gasteiger partial charge is 0.454 e. The van der Waals surface area contributed by atoms with E-state index in [4.69, 9.17) is 9.47 Å². The van der Waals surface area contributed by atoms with Gasteiger partial charge in [0.1, 0.15) is 5.82 Å². The summed E-state index contributed by atoms with van der Waals surface area (Å²) in [6.45, 7) is 4.29. The van der Waals surface area contributed by atoms with Crippen molar-refractivity contribution in [2.24, 2.45) is 0 Å². The zero-order valence-corrected chi connectivity index (χ0v) is 16.5. The number of fused-ring (bicyclic) bond motifs is 1. The Labute approximate surface area is 171 Å². The van der Waals surface area contributed by atoms with Gasteiger partial charge in [0.25, 0.3) is 0 Å². The first-order valence-corrected chi connectivity index (χ1v) is 9.82. The molecule has 1 saturated carbocycles.